The van der Waals surface area contributed by atoms with Gasteiger partial charge in [0.25, 0.3) is 5.56 Å². The molecule has 42 heavy (non-hydrogen) atoms. The molecule has 1 atom stereocenters. The molecule has 0 saturated carbocycles. The molecule has 5 aromatic rings. The van der Waals surface area contributed by atoms with Gasteiger partial charge in [-0.15, -0.1) is 10.2 Å². The molecule has 3 aromatic carbocycles. The number of fused-ring (bicyclic) bond motifs is 1. The van der Waals surface area contributed by atoms with Gasteiger partial charge in [0.05, 0.1) is 30.3 Å². The SMILES string of the molecule is O=C(Cn1nc(Cc2ccccc2)c2ccccc2c1=O)NCc1nnc(SC[C@H]2CCCO2)n1Cc1ccccc1. The van der Waals surface area contributed by atoms with E-state index < -0.39 is 0 Å². The fraction of sp³-hybridized carbons (Fsp3) is 0.281. The normalized spacial score (nSPS) is 14.8. The van der Waals surface area contributed by atoms with E-state index >= 15 is 0 Å². The van der Waals surface area contributed by atoms with Crippen LogP contribution in [0.4, 0.5) is 0 Å². The molecule has 0 aliphatic carbocycles. The summed E-state index contributed by atoms with van der Waals surface area (Å²) in [5.74, 6) is 1.13. The van der Waals surface area contributed by atoms with Crippen molar-refractivity contribution in [3.8, 4) is 0 Å². The number of rotatable bonds is 11. The first-order valence-electron chi connectivity index (χ1n) is 14.1. The Bertz CT molecular complexity index is 1720. The number of carbonyl (C=O) groups is 1. The van der Waals surface area contributed by atoms with Crippen molar-refractivity contribution >= 4 is 28.4 Å². The maximum absolute atomic E-state index is 13.3. The van der Waals surface area contributed by atoms with Crippen LogP contribution in [0.25, 0.3) is 10.8 Å². The molecule has 6 rings (SSSR count). The van der Waals surface area contributed by atoms with E-state index in [0.29, 0.717) is 24.2 Å². The molecule has 3 heterocycles. The van der Waals surface area contributed by atoms with Crippen molar-refractivity contribution in [3.63, 3.8) is 0 Å². The monoisotopic (exact) mass is 580 g/mol. The molecule has 1 saturated heterocycles. The minimum absolute atomic E-state index is 0.179. The predicted octanol–water partition coefficient (Wildman–Crippen LogP) is 4.21. The molecule has 10 heteroatoms. The van der Waals surface area contributed by atoms with Crippen molar-refractivity contribution < 1.29 is 9.53 Å². The first kappa shape index (κ1) is 27.9. The van der Waals surface area contributed by atoms with Crippen LogP contribution < -0.4 is 10.9 Å². The summed E-state index contributed by atoms with van der Waals surface area (Å²) >= 11 is 1.62. The largest absolute Gasteiger partial charge is 0.377 e. The smallest absolute Gasteiger partial charge is 0.275 e. The molecular formula is C32H32N6O3S. The van der Waals surface area contributed by atoms with E-state index in [2.05, 4.69) is 32.7 Å². The van der Waals surface area contributed by atoms with Gasteiger partial charge >= 0.3 is 0 Å². The van der Waals surface area contributed by atoms with Crippen LogP contribution in [0.1, 0.15) is 35.5 Å². The third kappa shape index (κ3) is 6.61. The molecule has 1 N–H and O–H groups in total. The van der Waals surface area contributed by atoms with Crippen LogP contribution in [0.15, 0.2) is 94.9 Å². The highest BCUT2D eigenvalue weighted by atomic mass is 32.2. The molecule has 0 radical (unpaired) electrons. The number of amides is 1. The van der Waals surface area contributed by atoms with Gasteiger partial charge in [0, 0.05) is 24.2 Å². The Morgan fingerprint density at radius 3 is 2.38 bits per heavy atom. The van der Waals surface area contributed by atoms with E-state index in [0.717, 1.165) is 52.6 Å². The fourth-order valence-corrected chi connectivity index (χ4v) is 6.15. The highest BCUT2D eigenvalue weighted by Gasteiger charge is 2.20. The van der Waals surface area contributed by atoms with Crippen LogP contribution >= 0.6 is 11.8 Å². The summed E-state index contributed by atoms with van der Waals surface area (Å²) in [6.45, 7) is 1.38. The maximum atomic E-state index is 13.3. The van der Waals surface area contributed by atoms with E-state index in [1.165, 1.54) is 4.68 Å². The van der Waals surface area contributed by atoms with Gasteiger partial charge in [0.15, 0.2) is 11.0 Å². The summed E-state index contributed by atoms with van der Waals surface area (Å²) in [7, 11) is 0. The van der Waals surface area contributed by atoms with E-state index in [9.17, 15) is 9.59 Å². The number of ether oxygens (including phenoxy) is 1. The van der Waals surface area contributed by atoms with Crippen molar-refractivity contribution in [3.05, 3.63) is 118 Å². The minimum atomic E-state index is -0.326. The second kappa shape index (κ2) is 13.1. The van der Waals surface area contributed by atoms with Crippen molar-refractivity contribution in [2.45, 2.75) is 50.2 Å². The molecule has 9 nitrogen and oxygen atoms in total. The van der Waals surface area contributed by atoms with E-state index in [1.54, 1.807) is 17.8 Å². The second-order valence-corrected chi connectivity index (χ2v) is 11.3. The summed E-state index contributed by atoms with van der Waals surface area (Å²) in [5, 5.41) is 18.5. The van der Waals surface area contributed by atoms with Crippen LogP contribution in [0.5, 0.6) is 0 Å². The lowest BCUT2D eigenvalue weighted by Crippen LogP contribution is -2.34. The van der Waals surface area contributed by atoms with E-state index in [4.69, 9.17) is 4.74 Å². The van der Waals surface area contributed by atoms with Crippen molar-refractivity contribution in [1.29, 1.82) is 0 Å². The summed E-state index contributed by atoms with van der Waals surface area (Å²) in [6, 6.07) is 27.5. The van der Waals surface area contributed by atoms with Gasteiger partial charge in [-0.3, -0.25) is 9.59 Å². The lowest BCUT2D eigenvalue weighted by atomic mass is 10.0. The Balaban J connectivity index is 1.19. The van der Waals surface area contributed by atoms with Crippen molar-refractivity contribution in [2.24, 2.45) is 0 Å². The number of thioether (sulfide) groups is 1. The van der Waals surface area contributed by atoms with Gasteiger partial charge in [-0.2, -0.15) is 5.10 Å². The number of benzene rings is 3. The van der Waals surface area contributed by atoms with Gasteiger partial charge < -0.3 is 14.6 Å². The van der Waals surface area contributed by atoms with Gasteiger partial charge in [-0.1, -0.05) is 90.6 Å². The first-order chi connectivity index (χ1) is 20.6. The third-order valence-corrected chi connectivity index (χ3v) is 8.39. The van der Waals surface area contributed by atoms with Crippen LogP contribution in [0, 0.1) is 0 Å². The number of hydrogen-bond acceptors (Lipinski definition) is 7. The Morgan fingerprint density at radius 1 is 0.929 bits per heavy atom. The molecular weight excluding hydrogens is 548 g/mol. The van der Waals surface area contributed by atoms with Crippen LogP contribution in [-0.4, -0.2) is 48.9 Å². The van der Waals surface area contributed by atoms with Gasteiger partial charge in [0.2, 0.25) is 5.91 Å². The Labute approximate surface area is 247 Å². The van der Waals surface area contributed by atoms with Gasteiger partial charge in [0.1, 0.15) is 6.54 Å². The van der Waals surface area contributed by atoms with E-state index in [-0.39, 0.29) is 30.7 Å². The average Bonchev–Trinajstić information content (AvgIpc) is 3.68. The first-order valence-corrected chi connectivity index (χ1v) is 15.1. The third-order valence-electron chi connectivity index (χ3n) is 7.29. The lowest BCUT2D eigenvalue weighted by molar-refractivity contribution is -0.122. The summed E-state index contributed by atoms with van der Waals surface area (Å²) in [6.07, 6.45) is 2.91. The Morgan fingerprint density at radius 2 is 1.64 bits per heavy atom. The van der Waals surface area contributed by atoms with Gasteiger partial charge in [-0.25, -0.2) is 4.68 Å². The topological polar surface area (TPSA) is 104 Å². The standard InChI is InChI=1S/C32H32N6O3S/c39-30(21-38-31(40)27-16-8-7-15-26(27)28(36-38)18-23-10-3-1-4-11-23)33-19-29-34-35-32(42-22-25-14-9-17-41-25)37(29)20-24-12-5-2-6-13-24/h1-8,10-13,15-16,25H,9,14,17-22H2,(H,33,39)/t25-/m1/s1. The lowest BCUT2D eigenvalue weighted by Gasteiger charge is -2.13. The highest BCUT2D eigenvalue weighted by molar-refractivity contribution is 7.99. The fourth-order valence-electron chi connectivity index (χ4n) is 5.13. The number of aromatic nitrogens is 5. The Kier molecular flexibility index (Phi) is 8.72. The van der Waals surface area contributed by atoms with Crippen molar-refractivity contribution in [2.75, 3.05) is 12.4 Å². The molecule has 1 fully saturated rings. The zero-order valence-electron chi connectivity index (χ0n) is 23.2. The van der Waals surface area contributed by atoms with Crippen LogP contribution in [0.3, 0.4) is 0 Å². The molecule has 0 spiro atoms. The number of nitrogens with zero attached hydrogens (tertiary/aromatic N) is 5. The number of hydrogen-bond donors (Lipinski definition) is 1. The molecule has 1 aliphatic rings. The summed E-state index contributed by atoms with van der Waals surface area (Å²) < 4.78 is 9.08. The number of carbonyl (C=O) groups excluding carboxylic acids is 1. The van der Waals surface area contributed by atoms with Gasteiger partial charge in [-0.05, 0) is 30.0 Å². The molecule has 1 aliphatic heterocycles. The summed E-state index contributed by atoms with van der Waals surface area (Å²) in [5.41, 5.74) is 2.65. The van der Waals surface area contributed by atoms with Crippen molar-refractivity contribution in [1.82, 2.24) is 29.9 Å². The zero-order chi connectivity index (χ0) is 28.7. The quantitative estimate of drug-likeness (QED) is 0.233. The van der Waals surface area contributed by atoms with Crippen LogP contribution in [-0.2, 0) is 35.6 Å². The summed E-state index contributed by atoms with van der Waals surface area (Å²) in [4.78, 5) is 26.4. The average molecular weight is 581 g/mol. The highest BCUT2D eigenvalue weighted by Crippen LogP contribution is 2.24. The molecule has 0 unspecified atom stereocenters. The number of nitrogens with one attached hydrogen (secondary N) is 1. The second-order valence-electron chi connectivity index (χ2n) is 10.3. The molecule has 2 aromatic heterocycles. The Hall–Kier alpha value is -4.28. The van der Waals surface area contributed by atoms with Crippen LogP contribution in [0.2, 0.25) is 0 Å². The zero-order valence-corrected chi connectivity index (χ0v) is 24.0. The van der Waals surface area contributed by atoms with E-state index in [1.807, 2.05) is 71.3 Å². The molecule has 214 valence electrons. The predicted molar refractivity (Wildman–Crippen MR) is 162 cm³/mol. The molecule has 1 amide bonds. The maximum Gasteiger partial charge on any atom is 0.275 e. The molecule has 0 bridgehead atoms. The minimum Gasteiger partial charge on any atom is -0.377 e.